The van der Waals surface area contributed by atoms with E-state index in [2.05, 4.69) is 84.9 Å². The summed E-state index contributed by atoms with van der Waals surface area (Å²) in [5.74, 6) is 0. The van der Waals surface area contributed by atoms with Gasteiger partial charge in [0.1, 0.15) is 0 Å². The van der Waals surface area contributed by atoms with Crippen molar-refractivity contribution < 1.29 is 0 Å². The van der Waals surface area contributed by atoms with Gasteiger partial charge >= 0.3 is 0 Å². The van der Waals surface area contributed by atoms with Gasteiger partial charge in [-0.1, -0.05) is 121 Å². The van der Waals surface area contributed by atoms with Crippen molar-refractivity contribution in [2.75, 3.05) is 0 Å². The Balaban J connectivity index is 1.28. The first-order valence-corrected chi connectivity index (χ1v) is 14.5. The lowest BCUT2D eigenvalue weighted by Crippen LogP contribution is -1.92. The summed E-state index contributed by atoms with van der Waals surface area (Å²) in [6.45, 7) is 0. The van der Waals surface area contributed by atoms with Gasteiger partial charge in [-0.15, -0.1) is 0 Å². The van der Waals surface area contributed by atoms with Gasteiger partial charge in [0.25, 0.3) is 0 Å². The first-order valence-electron chi connectivity index (χ1n) is 14.5. The van der Waals surface area contributed by atoms with Crippen molar-refractivity contribution in [2.45, 2.75) is 0 Å². The molecule has 44 heavy (non-hydrogen) atoms. The molecular weight excluding hydrogens is 534 g/mol. The quantitative estimate of drug-likeness (QED) is 0.203. The standard InChI is InChI=1S/C41H27N3/c42-26-29-23-34(38-17-9-7-15-36(38)32-19-21-40(43-27-32)30-11-3-1-4-12-30)25-35(24-29)39-18-10-8-16-37(39)33-20-22-41(44-28-33)31-13-5-2-6-14-31/h1-25,27-28H. The normalized spacial score (nSPS) is 10.7. The number of nitriles is 1. The van der Waals surface area contributed by atoms with E-state index in [0.29, 0.717) is 5.56 Å². The molecule has 2 aromatic heterocycles. The molecule has 0 unspecified atom stereocenters. The molecule has 0 aliphatic carbocycles. The summed E-state index contributed by atoms with van der Waals surface area (Å²) in [5, 5.41) is 10.1. The molecule has 0 saturated heterocycles. The van der Waals surface area contributed by atoms with Gasteiger partial charge in [-0.05, 0) is 63.7 Å². The molecule has 0 spiro atoms. The topological polar surface area (TPSA) is 49.6 Å². The van der Waals surface area contributed by atoms with Crippen molar-refractivity contribution in [2.24, 2.45) is 0 Å². The Labute approximate surface area is 257 Å². The second-order valence-electron chi connectivity index (χ2n) is 10.6. The van der Waals surface area contributed by atoms with E-state index in [1.807, 2.05) is 85.2 Å². The van der Waals surface area contributed by atoms with Crippen molar-refractivity contribution >= 4 is 0 Å². The fourth-order valence-corrected chi connectivity index (χ4v) is 5.64. The van der Waals surface area contributed by atoms with Crippen LogP contribution in [0.1, 0.15) is 5.56 Å². The largest absolute Gasteiger partial charge is 0.256 e. The third-order valence-corrected chi connectivity index (χ3v) is 7.83. The zero-order valence-electron chi connectivity index (χ0n) is 23.9. The lowest BCUT2D eigenvalue weighted by atomic mass is 9.89. The number of pyridine rings is 2. The van der Waals surface area contributed by atoms with E-state index in [1.54, 1.807) is 0 Å². The highest BCUT2D eigenvalue weighted by atomic mass is 14.7. The van der Waals surface area contributed by atoms with Crippen LogP contribution in [-0.4, -0.2) is 9.97 Å². The Bertz CT molecular complexity index is 1950. The highest BCUT2D eigenvalue weighted by Crippen LogP contribution is 2.38. The Morgan fingerprint density at radius 3 is 1.11 bits per heavy atom. The molecule has 0 saturated carbocycles. The molecule has 0 atom stereocenters. The smallest absolute Gasteiger partial charge is 0.0992 e. The minimum absolute atomic E-state index is 0.609. The number of aromatic nitrogens is 2. The van der Waals surface area contributed by atoms with Crippen molar-refractivity contribution in [3.63, 3.8) is 0 Å². The van der Waals surface area contributed by atoms with E-state index < -0.39 is 0 Å². The predicted molar refractivity (Wildman–Crippen MR) is 179 cm³/mol. The van der Waals surface area contributed by atoms with Crippen molar-refractivity contribution in [3.05, 3.63) is 170 Å². The summed E-state index contributed by atoms with van der Waals surface area (Å²) in [4.78, 5) is 9.54. The van der Waals surface area contributed by atoms with E-state index in [4.69, 9.17) is 9.97 Å². The van der Waals surface area contributed by atoms with Gasteiger partial charge in [0.15, 0.2) is 0 Å². The van der Waals surface area contributed by atoms with Gasteiger partial charge in [-0.3, -0.25) is 9.97 Å². The fraction of sp³-hybridized carbons (Fsp3) is 0. The molecule has 0 fully saturated rings. The molecule has 0 radical (unpaired) electrons. The van der Waals surface area contributed by atoms with Gasteiger partial charge < -0.3 is 0 Å². The zero-order chi connectivity index (χ0) is 29.7. The minimum atomic E-state index is 0.609. The summed E-state index contributed by atoms with van der Waals surface area (Å²) < 4.78 is 0. The van der Waals surface area contributed by atoms with E-state index in [9.17, 15) is 5.26 Å². The summed E-state index contributed by atoms with van der Waals surface area (Å²) in [6.07, 6.45) is 3.86. The maximum absolute atomic E-state index is 10.1. The van der Waals surface area contributed by atoms with Crippen LogP contribution >= 0.6 is 0 Å². The van der Waals surface area contributed by atoms with Gasteiger partial charge in [0, 0.05) is 34.6 Å². The minimum Gasteiger partial charge on any atom is -0.256 e. The molecule has 5 aromatic carbocycles. The van der Waals surface area contributed by atoms with E-state index in [-0.39, 0.29) is 0 Å². The van der Waals surface area contributed by atoms with Gasteiger partial charge in [0.2, 0.25) is 0 Å². The number of benzene rings is 5. The molecule has 2 heterocycles. The molecule has 7 aromatic rings. The fourth-order valence-electron chi connectivity index (χ4n) is 5.64. The molecule has 0 bridgehead atoms. The molecule has 0 aliphatic heterocycles. The second-order valence-corrected chi connectivity index (χ2v) is 10.6. The van der Waals surface area contributed by atoms with Crippen LogP contribution in [0.3, 0.4) is 0 Å². The number of hydrogen-bond acceptors (Lipinski definition) is 3. The molecule has 0 N–H and O–H groups in total. The maximum atomic E-state index is 10.1. The van der Waals surface area contributed by atoms with Crippen molar-refractivity contribution in [3.8, 4) is 73.1 Å². The van der Waals surface area contributed by atoms with E-state index in [1.165, 1.54) is 0 Å². The maximum Gasteiger partial charge on any atom is 0.0992 e. The Morgan fingerprint density at radius 1 is 0.364 bits per heavy atom. The number of rotatable bonds is 6. The second kappa shape index (κ2) is 12.0. The molecule has 3 heteroatoms. The molecule has 206 valence electrons. The summed E-state index contributed by atoms with van der Waals surface area (Å²) in [5.41, 5.74) is 12.9. The molecule has 3 nitrogen and oxygen atoms in total. The molecule has 0 amide bonds. The average Bonchev–Trinajstić information content (AvgIpc) is 3.12. The van der Waals surface area contributed by atoms with E-state index in [0.717, 1.165) is 67.0 Å². The third kappa shape index (κ3) is 5.41. The third-order valence-electron chi connectivity index (χ3n) is 7.83. The SMILES string of the molecule is N#Cc1cc(-c2ccccc2-c2ccc(-c3ccccc3)nc2)cc(-c2ccccc2-c2ccc(-c3ccccc3)nc2)c1. The lowest BCUT2D eigenvalue weighted by Gasteiger charge is -2.15. The summed E-state index contributed by atoms with van der Waals surface area (Å²) >= 11 is 0. The van der Waals surface area contributed by atoms with Crippen molar-refractivity contribution in [1.29, 1.82) is 5.26 Å². The van der Waals surface area contributed by atoms with Crippen LogP contribution in [0.5, 0.6) is 0 Å². The Morgan fingerprint density at radius 2 is 0.750 bits per heavy atom. The van der Waals surface area contributed by atoms with Crippen molar-refractivity contribution in [1.82, 2.24) is 9.97 Å². The van der Waals surface area contributed by atoms with Gasteiger partial charge in [0.05, 0.1) is 23.0 Å². The number of nitrogens with zero attached hydrogens (tertiary/aromatic N) is 3. The van der Waals surface area contributed by atoms with E-state index >= 15 is 0 Å². The molecule has 0 aliphatic rings. The monoisotopic (exact) mass is 561 g/mol. The Hall–Kier alpha value is -6.11. The summed E-state index contributed by atoms with van der Waals surface area (Å²) in [6, 6.07) is 53.8. The van der Waals surface area contributed by atoms with Crippen LogP contribution in [0.25, 0.3) is 67.0 Å². The van der Waals surface area contributed by atoms with Crippen LogP contribution in [0.15, 0.2) is 164 Å². The first kappa shape index (κ1) is 26.8. The summed E-state index contributed by atoms with van der Waals surface area (Å²) in [7, 11) is 0. The molecular formula is C41H27N3. The van der Waals surface area contributed by atoms with Crippen LogP contribution < -0.4 is 0 Å². The molecule has 7 rings (SSSR count). The average molecular weight is 562 g/mol. The van der Waals surface area contributed by atoms with Crippen LogP contribution in [0.4, 0.5) is 0 Å². The first-order chi connectivity index (χ1) is 21.8. The number of hydrogen-bond donors (Lipinski definition) is 0. The highest BCUT2D eigenvalue weighted by Gasteiger charge is 2.14. The lowest BCUT2D eigenvalue weighted by molar-refractivity contribution is 1.32. The van der Waals surface area contributed by atoms with Gasteiger partial charge in [-0.25, -0.2) is 0 Å². The Kier molecular flexibility index (Phi) is 7.31. The predicted octanol–water partition coefficient (Wildman–Crippen LogP) is 10.4. The zero-order valence-corrected chi connectivity index (χ0v) is 23.9. The van der Waals surface area contributed by atoms with Crippen LogP contribution in [0, 0.1) is 11.3 Å². The van der Waals surface area contributed by atoms with Crippen LogP contribution in [-0.2, 0) is 0 Å². The van der Waals surface area contributed by atoms with Gasteiger partial charge in [-0.2, -0.15) is 5.26 Å². The highest BCUT2D eigenvalue weighted by molar-refractivity contribution is 5.89. The van der Waals surface area contributed by atoms with Crippen LogP contribution in [0.2, 0.25) is 0 Å².